The molecule has 2 rings (SSSR count). The number of hydrogen-bond acceptors (Lipinski definition) is 3. The maximum Gasteiger partial charge on any atom is 0.410 e. The SMILES string of the molecule is Cc1cccc([C@@H]2CN(C(=O)OC(C)(C)C)CCN2)c1. The van der Waals surface area contributed by atoms with E-state index in [4.69, 9.17) is 4.74 Å². The molecule has 0 spiro atoms. The summed E-state index contributed by atoms with van der Waals surface area (Å²) in [6.07, 6.45) is -0.225. The van der Waals surface area contributed by atoms with Crippen molar-refractivity contribution < 1.29 is 9.53 Å². The Kier molecular flexibility index (Phi) is 4.33. The van der Waals surface area contributed by atoms with Crippen LogP contribution in [0.2, 0.25) is 0 Å². The number of hydrogen-bond donors (Lipinski definition) is 1. The van der Waals surface area contributed by atoms with Crippen molar-refractivity contribution in [3.8, 4) is 0 Å². The van der Waals surface area contributed by atoms with Crippen LogP contribution in [0.4, 0.5) is 4.79 Å². The zero-order valence-corrected chi connectivity index (χ0v) is 12.8. The van der Waals surface area contributed by atoms with E-state index >= 15 is 0 Å². The molecule has 1 amide bonds. The van der Waals surface area contributed by atoms with Gasteiger partial charge in [0.25, 0.3) is 0 Å². The second-order valence-corrected chi connectivity index (χ2v) is 6.35. The van der Waals surface area contributed by atoms with Crippen LogP contribution in [0.3, 0.4) is 0 Å². The van der Waals surface area contributed by atoms with E-state index in [0.29, 0.717) is 13.1 Å². The van der Waals surface area contributed by atoms with Gasteiger partial charge >= 0.3 is 6.09 Å². The van der Waals surface area contributed by atoms with Crippen LogP contribution < -0.4 is 5.32 Å². The highest BCUT2D eigenvalue weighted by Gasteiger charge is 2.27. The average Bonchev–Trinajstić information content (AvgIpc) is 2.37. The van der Waals surface area contributed by atoms with Gasteiger partial charge < -0.3 is 15.0 Å². The largest absolute Gasteiger partial charge is 0.444 e. The summed E-state index contributed by atoms with van der Waals surface area (Å²) in [6, 6.07) is 8.58. The molecule has 1 fully saturated rings. The van der Waals surface area contributed by atoms with Crippen LogP contribution in [0.15, 0.2) is 24.3 Å². The molecule has 1 N–H and O–H groups in total. The van der Waals surface area contributed by atoms with Crippen LogP contribution in [0.5, 0.6) is 0 Å². The van der Waals surface area contributed by atoms with Crippen LogP contribution in [0, 0.1) is 6.92 Å². The van der Waals surface area contributed by atoms with Gasteiger partial charge in [0.15, 0.2) is 0 Å². The first kappa shape index (κ1) is 14.9. The smallest absolute Gasteiger partial charge is 0.410 e. The lowest BCUT2D eigenvalue weighted by Crippen LogP contribution is -2.49. The van der Waals surface area contributed by atoms with Gasteiger partial charge in [0, 0.05) is 19.6 Å². The minimum absolute atomic E-state index is 0.177. The van der Waals surface area contributed by atoms with Crippen molar-refractivity contribution in [1.29, 1.82) is 0 Å². The summed E-state index contributed by atoms with van der Waals surface area (Å²) < 4.78 is 5.44. The Morgan fingerprint density at radius 2 is 2.15 bits per heavy atom. The van der Waals surface area contributed by atoms with E-state index in [2.05, 4.69) is 36.5 Å². The monoisotopic (exact) mass is 276 g/mol. The van der Waals surface area contributed by atoms with Gasteiger partial charge in [0.1, 0.15) is 5.60 Å². The fourth-order valence-electron chi connectivity index (χ4n) is 2.35. The highest BCUT2D eigenvalue weighted by Crippen LogP contribution is 2.20. The number of nitrogens with one attached hydrogen (secondary N) is 1. The predicted octanol–water partition coefficient (Wildman–Crippen LogP) is 2.88. The molecule has 0 aliphatic carbocycles. The van der Waals surface area contributed by atoms with Gasteiger partial charge in [-0.25, -0.2) is 4.79 Å². The topological polar surface area (TPSA) is 41.6 Å². The number of aryl methyl sites for hydroxylation is 1. The van der Waals surface area contributed by atoms with E-state index in [1.165, 1.54) is 11.1 Å². The summed E-state index contributed by atoms with van der Waals surface area (Å²) in [5.74, 6) is 0. The van der Waals surface area contributed by atoms with E-state index in [-0.39, 0.29) is 12.1 Å². The van der Waals surface area contributed by atoms with Crippen LogP contribution >= 0.6 is 0 Å². The molecule has 1 aliphatic heterocycles. The molecule has 1 aromatic carbocycles. The first-order valence-corrected chi connectivity index (χ1v) is 7.13. The second-order valence-electron chi connectivity index (χ2n) is 6.35. The number of rotatable bonds is 1. The molecule has 4 heteroatoms. The number of nitrogens with zero attached hydrogens (tertiary/aromatic N) is 1. The summed E-state index contributed by atoms with van der Waals surface area (Å²) in [5, 5.41) is 3.46. The van der Waals surface area contributed by atoms with Gasteiger partial charge in [-0.1, -0.05) is 29.8 Å². The first-order chi connectivity index (χ1) is 9.35. The van der Waals surface area contributed by atoms with Gasteiger partial charge in [-0.05, 0) is 33.3 Å². The number of piperazine rings is 1. The third kappa shape index (κ3) is 3.97. The summed E-state index contributed by atoms with van der Waals surface area (Å²) >= 11 is 0. The Balaban J connectivity index is 2.03. The number of carbonyl (C=O) groups is 1. The summed E-state index contributed by atoms with van der Waals surface area (Å²) in [4.78, 5) is 13.9. The molecule has 0 unspecified atom stereocenters. The van der Waals surface area contributed by atoms with Gasteiger partial charge in [-0.2, -0.15) is 0 Å². The average molecular weight is 276 g/mol. The van der Waals surface area contributed by atoms with Gasteiger partial charge in [-0.3, -0.25) is 0 Å². The van der Waals surface area contributed by atoms with E-state index < -0.39 is 5.60 Å². The number of carbonyl (C=O) groups excluding carboxylic acids is 1. The van der Waals surface area contributed by atoms with Crippen molar-refractivity contribution in [1.82, 2.24) is 10.2 Å². The molecular weight excluding hydrogens is 252 g/mol. The molecule has 1 atom stereocenters. The van der Waals surface area contributed by atoms with Crippen LogP contribution in [-0.4, -0.2) is 36.2 Å². The molecule has 0 bridgehead atoms. The fourth-order valence-corrected chi connectivity index (χ4v) is 2.35. The minimum atomic E-state index is -0.444. The third-order valence-corrected chi connectivity index (χ3v) is 3.27. The van der Waals surface area contributed by atoms with Crippen LogP contribution in [0.1, 0.15) is 37.9 Å². The Morgan fingerprint density at radius 1 is 1.40 bits per heavy atom. The molecule has 1 heterocycles. The zero-order chi connectivity index (χ0) is 14.8. The summed E-state index contributed by atoms with van der Waals surface area (Å²) in [7, 11) is 0. The molecule has 110 valence electrons. The van der Waals surface area contributed by atoms with Crippen LogP contribution in [-0.2, 0) is 4.74 Å². The Hall–Kier alpha value is -1.55. The Labute approximate surface area is 121 Å². The quantitative estimate of drug-likeness (QED) is 0.857. The number of benzene rings is 1. The molecule has 0 radical (unpaired) electrons. The highest BCUT2D eigenvalue weighted by atomic mass is 16.6. The zero-order valence-electron chi connectivity index (χ0n) is 12.8. The summed E-state index contributed by atoms with van der Waals surface area (Å²) in [5.41, 5.74) is 2.01. The maximum atomic E-state index is 12.1. The molecule has 0 saturated carbocycles. The first-order valence-electron chi connectivity index (χ1n) is 7.13. The van der Waals surface area contributed by atoms with E-state index in [1.807, 2.05) is 20.8 Å². The Morgan fingerprint density at radius 3 is 2.80 bits per heavy atom. The maximum absolute atomic E-state index is 12.1. The molecule has 20 heavy (non-hydrogen) atoms. The lowest BCUT2D eigenvalue weighted by atomic mass is 10.0. The van der Waals surface area contributed by atoms with E-state index in [9.17, 15) is 4.79 Å². The fraction of sp³-hybridized carbons (Fsp3) is 0.562. The molecule has 1 aliphatic rings. The normalized spacial score (nSPS) is 19.8. The molecular formula is C16H24N2O2. The van der Waals surface area contributed by atoms with Gasteiger partial charge in [-0.15, -0.1) is 0 Å². The second kappa shape index (κ2) is 5.83. The molecule has 1 saturated heterocycles. The van der Waals surface area contributed by atoms with Crippen molar-refractivity contribution in [2.24, 2.45) is 0 Å². The molecule has 0 aromatic heterocycles. The molecule has 4 nitrogen and oxygen atoms in total. The van der Waals surface area contributed by atoms with Crippen molar-refractivity contribution in [3.05, 3.63) is 35.4 Å². The number of amides is 1. The van der Waals surface area contributed by atoms with E-state index in [1.54, 1.807) is 4.90 Å². The standard InChI is InChI=1S/C16H24N2O2/c1-12-6-5-7-13(10-12)14-11-18(9-8-17-14)15(19)20-16(2,3)4/h5-7,10,14,17H,8-9,11H2,1-4H3/t14-/m0/s1. The lowest BCUT2D eigenvalue weighted by molar-refractivity contribution is 0.0195. The van der Waals surface area contributed by atoms with Crippen molar-refractivity contribution in [2.45, 2.75) is 39.3 Å². The minimum Gasteiger partial charge on any atom is -0.444 e. The lowest BCUT2D eigenvalue weighted by Gasteiger charge is -2.35. The van der Waals surface area contributed by atoms with Crippen LogP contribution in [0.25, 0.3) is 0 Å². The number of ether oxygens (including phenoxy) is 1. The highest BCUT2D eigenvalue weighted by molar-refractivity contribution is 5.68. The third-order valence-electron chi connectivity index (χ3n) is 3.27. The van der Waals surface area contributed by atoms with E-state index in [0.717, 1.165) is 6.54 Å². The molecule has 1 aromatic rings. The Bertz CT molecular complexity index is 480. The van der Waals surface area contributed by atoms with Gasteiger partial charge in [0.2, 0.25) is 0 Å². The summed E-state index contributed by atoms with van der Waals surface area (Å²) in [6.45, 7) is 9.90. The van der Waals surface area contributed by atoms with Crippen molar-refractivity contribution >= 4 is 6.09 Å². The predicted molar refractivity (Wildman–Crippen MR) is 79.7 cm³/mol. The van der Waals surface area contributed by atoms with Crippen molar-refractivity contribution in [2.75, 3.05) is 19.6 Å². The van der Waals surface area contributed by atoms with Crippen molar-refractivity contribution in [3.63, 3.8) is 0 Å². The van der Waals surface area contributed by atoms with Gasteiger partial charge in [0.05, 0.1) is 6.04 Å².